The Hall–Kier alpha value is -2.03. The molecule has 21 heavy (non-hydrogen) atoms. The van der Waals surface area contributed by atoms with Crippen LogP contribution in [0.3, 0.4) is 0 Å². The highest BCUT2D eigenvalue weighted by Crippen LogP contribution is 2.30. The lowest BCUT2D eigenvalue weighted by Gasteiger charge is -2.20. The van der Waals surface area contributed by atoms with Crippen LogP contribution < -0.4 is 0 Å². The summed E-state index contributed by atoms with van der Waals surface area (Å²) in [6.07, 6.45) is 3.72. The molecule has 5 heteroatoms. The zero-order valence-electron chi connectivity index (χ0n) is 11.4. The highest BCUT2D eigenvalue weighted by Gasteiger charge is 2.33. The summed E-state index contributed by atoms with van der Waals surface area (Å²) >= 11 is 1.42. The topological polar surface area (TPSA) is 53.7 Å². The van der Waals surface area contributed by atoms with Crippen LogP contribution in [0.1, 0.15) is 33.8 Å². The Morgan fingerprint density at radius 1 is 1.52 bits per heavy atom. The Balaban J connectivity index is 1.76. The predicted molar refractivity (Wildman–Crippen MR) is 79.9 cm³/mol. The lowest BCUT2D eigenvalue weighted by molar-refractivity contribution is 0.0718. The average Bonchev–Trinajstić information content (AvgIpc) is 3.02. The van der Waals surface area contributed by atoms with Gasteiger partial charge < -0.3 is 14.4 Å². The fourth-order valence-electron chi connectivity index (χ4n) is 2.13. The molecule has 0 radical (unpaired) electrons. The summed E-state index contributed by atoms with van der Waals surface area (Å²) < 4.78 is 5.34. The maximum Gasteiger partial charge on any atom is 0.255 e. The van der Waals surface area contributed by atoms with Crippen LogP contribution in [0.15, 0.2) is 34.3 Å². The first-order valence-electron chi connectivity index (χ1n) is 6.79. The van der Waals surface area contributed by atoms with E-state index >= 15 is 0 Å². The van der Waals surface area contributed by atoms with Crippen LogP contribution in [-0.4, -0.2) is 28.6 Å². The van der Waals surface area contributed by atoms with E-state index in [1.54, 1.807) is 12.3 Å². The molecule has 1 aliphatic rings. The molecular weight excluding hydrogens is 286 g/mol. The Morgan fingerprint density at radius 2 is 2.38 bits per heavy atom. The van der Waals surface area contributed by atoms with Crippen molar-refractivity contribution in [2.24, 2.45) is 0 Å². The van der Waals surface area contributed by atoms with Crippen LogP contribution in [0.4, 0.5) is 0 Å². The standard InChI is InChI=1S/C16H15NO3S/c18-7-1-4-15-9-12(11-21-15)16(19)17(13-5-6-13)10-14-3-2-8-20-14/h2-3,8-9,11,13,18H,5-7,10H2. The zero-order valence-corrected chi connectivity index (χ0v) is 12.2. The van der Waals surface area contributed by atoms with Gasteiger partial charge in [-0.15, -0.1) is 11.3 Å². The number of amides is 1. The monoisotopic (exact) mass is 301 g/mol. The van der Waals surface area contributed by atoms with E-state index in [-0.39, 0.29) is 12.5 Å². The molecule has 3 rings (SSSR count). The van der Waals surface area contributed by atoms with Crippen LogP contribution >= 0.6 is 11.3 Å². The van der Waals surface area contributed by atoms with Gasteiger partial charge in [0.15, 0.2) is 0 Å². The SMILES string of the molecule is O=C(c1csc(C#CCO)c1)N(Cc1ccco1)C1CC1. The molecule has 1 N–H and O–H groups in total. The molecule has 1 amide bonds. The fraction of sp³-hybridized carbons (Fsp3) is 0.312. The first kappa shape index (κ1) is 13.9. The summed E-state index contributed by atoms with van der Waals surface area (Å²) in [6, 6.07) is 5.81. The van der Waals surface area contributed by atoms with Crippen molar-refractivity contribution in [2.75, 3.05) is 6.61 Å². The predicted octanol–water partition coefficient (Wildman–Crippen LogP) is 2.49. The molecule has 4 nitrogen and oxygen atoms in total. The molecule has 2 aromatic rings. The number of furan rings is 1. The van der Waals surface area contributed by atoms with Crippen molar-refractivity contribution >= 4 is 17.2 Å². The molecule has 2 aromatic heterocycles. The molecule has 2 heterocycles. The first-order chi connectivity index (χ1) is 10.3. The summed E-state index contributed by atoms with van der Waals surface area (Å²) in [5.41, 5.74) is 0.653. The summed E-state index contributed by atoms with van der Waals surface area (Å²) in [5.74, 6) is 6.23. The molecule has 0 aliphatic heterocycles. The molecule has 0 aromatic carbocycles. The Labute approximate surface area is 127 Å². The second-order valence-electron chi connectivity index (χ2n) is 4.90. The lowest BCUT2D eigenvalue weighted by atomic mass is 10.2. The number of thiophene rings is 1. The zero-order chi connectivity index (χ0) is 14.7. The number of hydrogen-bond donors (Lipinski definition) is 1. The second kappa shape index (κ2) is 6.17. The van der Waals surface area contributed by atoms with Gasteiger partial charge in [0.2, 0.25) is 0 Å². The fourth-order valence-corrected chi connectivity index (χ4v) is 2.88. The quantitative estimate of drug-likeness (QED) is 0.883. The third-order valence-electron chi connectivity index (χ3n) is 3.29. The van der Waals surface area contributed by atoms with E-state index in [0.29, 0.717) is 18.2 Å². The third-order valence-corrected chi connectivity index (χ3v) is 4.14. The summed E-state index contributed by atoms with van der Waals surface area (Å²) in [7, 11) is 0. The van der Waals surface area contributed by atoms with Gasteiger partial charge >= 0.3 is 0 Å². The van der Waals surface area contributed by atoms with Gasteiger partial charge in [-0.3, -0.25) is 4.79 Å². The first-order valence-corrected chi connectivity index (χ1v) is 7.67. The van der Waals surface area contributed by atoms with Crippen LogP contribution in [0, 0.1) is 11.8 Å². The van der Waals surface area contributed by atoms with Crippen molar-refractivity contribution in [1.82, 2.24) is 4.90 Å². The minimum Gasteiger partial charge on any atom is -0.467 e. The molecule has 1 aliphatic carbocycles. The third kappa shape index (κ3) is 3.35. The number of hydrogen-bond acceptors (Lipinski definition) is 4. The van der Waals surface area contributed by atoms with Crippen molar-refractivity contribution < 1.29 is 14.3 Å². The maximum atomic E-state index is 12.6. The normalized spacial score (nSPS) is 13.6. The van der Waals surface area contributed by atoms with E-state index in [1.165, 1.54) is 11.3 Å². The Bertz CT molecular complexity index is 674. The Kier molecular flexibility index (Phi) is 4.09. The molecule has 0 atom stereocenters. The largest absolute Gasteiger partial charge is 0.467 e. The van der Waals surface area contributed by atoms with E-state index in [1.807, 2.05) is 22.4 Å². The van der Waals surface area contributed by atoms with Gasteiger partial charge in [-0.05, 0) is 31.0 Å². The maximum absolute atomic E-state index is 12.6. The van der Waals surface area contributed by atoms with E-state index in [4.69, 9.17) is 9.52 Å². The summed E-state index contributed by atoms with van der Waals surface area (Å²) in [6.45, 7) is 0.331. The summed E-state index contributed by atoms with van der Waals surface area (Å²) in [4.78, 5) is 15.3. The minimum absolute atomic E-state index is 0.0159. The molecular formula is C16H15NO3S. The average molecular weight is 301 g/mol. The number of carbonyl (C=O) groups is 1. The molecule has 0 spiro atoms. The number of aliphatic hydroxyl groups excluding tert-OH is 1. The molecule has 1 fully saturated rings. The number of nitrogens with zero attached hydrogens (tertiary/aromatic N) is 1. The number of carbonyl (C=O) groups excluding carboxylic acids is 1. The van der Waals surface area contributed by atoms with E-state index in [9.17, 15) is 4.79 Å². The van der Waals surface area contributed by atoms with Gasteiger partial charge in [0.1, 0.15) is 12.4 Å². The molecule has 1 saturated carbocycles. The van der Waals surface area contributed by atoms with E-state index in [0.717, 1.165) is 23.5 Å². The second-order valence-corrected chi connectivity index (χ2v) is 5.81. The highest BCUT2D eigenvalue weighted by atomic mass is 32.1. The van der Waals surface area contributed by atoms with E-state index in [2.05, 4.69) is 11.8 Å². The lowest BCUT2D eigenvalue weighted by Crippen LogP contribution is -2.32. The van der Waals surface area contributed by atoms with Crippen LogP contribution in [0.5, 0.6) is 0 Å². The van der Waals surface area contributed by atoms with Crippen LogP contribution in [-0.2, 0) is 6.54 Å². The molecule has 0 unspecified atom stereocenters. The van der Waals surface area contributed by atoms with Gasteiger partial charge in [0, 0.05) is 11.4 Å². The van der Waals surface area contributed by atoms with Gasteiger partial charge in [-0.25, -0.2) is 0 Å². The number of rotatable bonds is 4. The Morgan fingerprint density at radius 3 is 3.05 bits per heavy atom. The van der Waals surface area contributed by atoms with Crippen molar-refractivity contribution in [2.45, 2.75) is 25.4 Å². The van der Waals surface area contributed by atoms with Gasteiger partial charge in [-0.2, -0.15) is 0 Å². The van der Waals surface area contributed by atoms with Crippen LogP contribution in [0.25, 0.3) is 0 Å². The van der Waals surface area contributed by atoms with Gasteiger partial charge in [0.05, 0.1) is 23.2 Å². The van der Waals surface area contributed by atoms with E-state index < -0.39 is 0 Å². The minimum atomic E-state index is -0.173. The van der Waals surface area contributed by atoms with Crippen LogP contribution in [0.2, 0.25) is 0 Å². The summed E-state index contributed by atoms with van der Waals surface area (Å²) in [5, 5.41) is 10.5. The molecule has 0 saturated heterocycles. The smallest absolute Gasteiger partial charge is 0.255 e. The van der Waals surface area contributed by atoms with Crippen molar-refractivity contribution in [3.05, 3.63) is 46.0 Å². The molecule has 108 valence electrons. The highest BCUT2D eigenvalue weighted by molar-refractivity contribution is 7.10. The van der Waals surface area contributed by atoms with Gasteiger partial charge in [-0.1, -0.05) is 11.8 Å². The molecule has 0 bridgehead atoms. The van der Waals surface area contributed by atoms with Crippen molar-refractivity contribution in [3.63, 3.8) is 0 Å². The number of aliphatic hydroxyl groups is 1. The van der Waals surface area contributed by atoms with Gasteiger partial charge in [0.25, 0.3) is 5.91 Å². The van der Waals surface area contributed by atoms with Crippen molar-refractivity contribution in [3.8, 4) is 11.8 Å². The van der Waals surface area contributed by atoms with Crippen molar-refractivity contribution in [1.29, 1.82) is 0 Å².